The number of allylic oxidation sites excluding steroid dienone is 1. The summed E-state index contributed by atoms with van der Waals surface area (Å²) in [5, 5.41) is 9.72. The smallest absolute Gasteiger partial charge is 0.392 e. The van der Waals surface area contributed by atoms with E-state index in [1.165, 1.54) is 11.4 Å². The second-order valence-electron chi connectivity index (χ2n) is 2.00. The number of hydrogen-bond acceptors (Lipinski definition) is 2. The van der Waals surface area contributed by atoms with E-state index >= 15 is 0 Å². The lowest BCUT2D eigenvalue weighted by Gasteiger charge is -2.03. The Morgan fingerprint density at radius 3 is 2.42 bits per heavy atom. The third-order valence-electron chi connectivity index (χ3n) is 1.10. The molecule has 0 heterocycles. The molecule has 12 heavy (non-hydrogen) atoms. The van der Waals surface area contributed by atoms with E-state index in [1.807, 2.05) is 0 Å². The molecule has 0 amide bonds. The topological polar surface area (TPSA) is 32.3 Å². The van der Waals surface area contributed by atoms with Crippen molar-refractivity contribution < 1.29 is 18.3 Å². The molecule has 0 atom stereocenters. The van der Waals surface area contributed by atoms with E-state index in [1.54, 1.807) is 6.92 Å². The van der Waals surface area contributed by atoms with Crippen LogP contribution >= 0.6 is 0 Å². The summed E-state index contributed by atoms with van der Waals surface area (Å²) in [6.07, 6.45) is -0.988. The van der Waals surface area contributed by atoms with Crippen LogP contribution in [0.4, 0.5) is 13.2 Å². The summed E-state index contributed by atoms with van der Waals surface area (Å²) in [5.74, 6) is 0. The average molecular weight is 181 g/mol. The number of rotatable bonds is 3. The van der Waals surface area contributed by atoms with Gasteiger partial charge in [-0.2, -0.15) is 13.2 Å². The highest BCUT2D eigenvalue weighted by molar-refractivity contribution is 5.17. The SMILES string of the molecule is C/C=C(\C=C/NC(F)(F)F)CO. The predicted molar refractivity (Wildman–Crippen MR) is 39.2 cm³/mol. The monoisotopic (exact) mass is 181 g/mol. The molecule has 0 radical (unpaired) electrons. The first-order valence-corrected chi connectivity index (χ1v) is 3.26. The summed E-state index contributed by atoms with van der Waals surface area (Å²) < 4.78 is 34.4. The van der Waals surface area contributed by atoms with Gasteiger partial charge in [-0.3, -0.25) is 0 Å². The molecule has 0 aliphatic heterocycles. The summed E-state index contributed by atoms with van der Waals surface area (Å²) in [6, 6.07) is 0. The molecule has 0 aromatic carbocycles. The van der Waals surface area contributed by atoms with Gasteiger partial charge >= 0.3 is 6.30 Å². The van der Waals surface area contributed by atoms with Crippen LogP contribution in [0.2, 0.25) is 0 Å². The molecule has 0 aliphatic rings. The van der Waals surface area contributed by atoms with Crippen molar-refractivity contribution in [2.45, 2.75) is 13.2 Å². The van der Waals surface area contributed by atoms with Crippen molar-refractivity contribution >= 4 is 0 Å². The molecule has 0 rings (SSSR count). The molecule has 0 aromatic rings. The third-order valence-corrected chi connectivity index (χ3v) is 1.10. The van der Waals surface area contributed by atoms with Gasteiger partial charge in [-0.25, -0.2) is 0 Å². The Bertz CT molecular complexity index is 184. The molecular formula is C7H10F3NO. The molecule has 0 spiro atoms. The molecular weight excluding hydrogens is 171 g/mol. The summed E-state index contributed by atoms with van der Waals surface area (Å²) in [5.41, 5.74) is 0.423. The minimum Gasteiger partial charge on any atom is -0.392 e. The lowest BCUT2D eigenvalue weighted by Crippen LogP contribution is -2.25. The van der Waals surface area contributed by atoms with Crippen LogP contribution in [0.1, 0.15) is 6.92 Å². The Morgan fingerprint density at radius 2 is 2.08 bits per heavy atom. The Kier molecular flexibility index (Phi) is 4.43. The van der Waals surface area contributed by atoms with Gasteiger partial charge in [0.1, 0.15) is 0 Å². The first kappa shape index (κ1) is 11.0. The van der Waals surface area contributed by atoms with Gasteiger partial charge in [0, 0.05) is 6.20 Å². The second-order valence-corrected chi connectivity index (χ2v) is 2.00. The molecule has 70 valence electrons. The average Bonchev–Trinajstić information content (AvgIpc) is 1.96. The van der Waals surface area contributed by atoms with Crippen molar-refractivity contribution in [3.63, 3.8) is 0 Å². The van der Waals surface area contributed by atoms with Crippen LogP contribution in [0.5, 0.6) is 0 Å². The van der Waals surface area contributed by atoms with Gasteiger partial charge < -0.3 is 10.4 Å². The van der Waals surface area contributed by atoms with E-state index in [4.69, 9.17) is 5.11 Å². The maximum absolute atomic E-state index is 11.5. The Balaban J connectivity index is 3.92. The zero-order valence-corrected chi connectivity index (χ0v) is 6.52. The molecule has 0 aromatic heterocycles. The molecule has 0 bridgehead atoms. The van der Waals surface area contributed by atoms with Gasteiger partial charge in [0.05, 0.1) is 6.61 Å². The van der Waals surface area contributed by atoms with Crippen LogP contribution in [0.15, 0.2) is 23.9 Å². The lowest BCUT2D eigenvalue weighted by molar-refractivity contribution is -0.146. The van der Waals surface area contributed by atoms with Gasteiger partial charge in [0.2, 0.25) is 0 Å². The minimum absolute atomic E-state index is 0.271. The van der Waals surface area contributed by atoms with E-state index < -0.39 is 6.30 Å². The zero-order valence-electron chi connectivity index (χ0n) is 6.52. The van der Waals surface area contributed by atoms with Gasteiger partial charge in [0.25, 0.3) is 0 Å². The van der Waals surface area contributed by atoms with Crippen molar-refractivity contribution in [3.8, 4) is 0 Å². The van der Waals surface area contributed by atoms with Crippen molar-refractivity contribution in [1.29, 1.82) is 0 Å². The van der Waals surface area contributed by atoms with E-state index in [2.05, 4.69) is 0 Å². The van der Waals surface area contributed by atoms with Gasteiger partial charge in [-0.1, -0.05) is 6.08 Å². The van der Waals surface area contributed by atoms with E-state index in [0.29, 0.717) is 5.57 Å². The van der Waals surface area contributed by atoms with Crippen molar-refractivity contribution in [3.05, 3.63) is 23.9 Å². The van der Waals surface area contributed by atoms with E-state index in [9.17, 15) is 13.2 Å². The number of alkyl halides is 3. The van der Waals surface area contributed by atoms with Crippen LogP contribution < -0.4 is 5.32 Å². The largest absolute Gasteiger partial charge is 0.481 e. The lowest BCUT2D eigenvalue weighted by atomic mass is 10.3. The molecule has 0 unspecified atom stereocenters. The standard InChI is InChI=1S/C7H10F3NO/c1-2-6(5-12)3-4-11-7(8,9)10/h2-4,11-12H,5H2,1H3/b4-3-,6-2+. The molecule has 0 saturated heterocycles. The predicted octanol–water partition coefficient (Wildman–Crippen LogP) is 1.55. The summed E-state index contributed by atoms with van der Waals surface area (Å²) in [7, 11) is 0. The maximum atomic E-state index is 11.5. The van der Waals surface area contributed by atoms with Crippen molar-refractivity contribution in [2.24, 2.45) is 0 Å². The summed E-state index contributed by atoms with van der Waals surface area (Å²) in [6.45, 7) is 1.36. The van der Waals surface area contributed by atoms with E-state index in [0.717, 1.165) is 12.3 Å². The first-order chi connectivity index (χ1) is 5.49. The van der Waals surface area contributed by atoms with Gasteiger partial charge in [-0.05, 0) is 18.6 Å². The maximum Gasteiger partial charge on any atom is 0.481 e. The highest BCUT2D eigenvalue weighted by atomic mass is 19.4. The normalized spacial score (nSPS) is 13.9. The molecule has 2 nitrogen and oxygen atoms in total. The number of aliphatic hydroxyl groups excluding tert-OH is 1. The van der Waals surface area contributed by atoms with Crippen LogP contribution in [-0.2, 0) is 0 Å². The van der Waals surface area contributed by atoms with Crippen molar-refractivity contribution in [1.82, 2.24) is 5.32 Å². The fraction of sp³-hybridized carbons (Fsp3) is 0.429. The zero-order chi connectivity index (χ0) is 9.61. The van der Waals surface area contributed by atoms with Crippen LogP contribution in [0, 0.1) is 0 Å². The highest BCUT2D eigenvalue weighted by Gasteiger charge is 2.24. The fourth-order valence-corrected chi connectivity index (χ4v) is 0.483. The Labute approximate surface area is 68.4 Å². The molecule has 0 saturated carbocycles. The van der Waals surface area contributed by atoms with E-state index in [-0.39, 0.29) is 6.61 Å². The van der Waals surface area contributed by atoms with Crippen LogP contribution in [-0.4, -0.2) is 18.0 Å². The molecule has 2 N–H and O–H groups in total. The highest BCUT2D eigenvalue weighted by Crippen LogP contribution is 2.09. The molecule has 5 heteroatoms. The summed E-state index contributed by atoms with van der Waals surface area (Å²) in [4.78, 5) is 0. The first-order valence-electron chi connectivity index (χ1n) is 3.26. The number of hydrogen-bond donors (Lipinski definition) is 2. The van der Waals surface area contributed by atoms with Gasteiger partial charge in [0.15, 0.2) is 0 Å². The minimum atomic E-state index is -4.41. The van der Waals surface area contributed by atoms with Crippen LogP contribution in [0.25, 0.3) is 0 Å². The van der Waals surface area contributed by atoms with Crippen LogP contribution in [0.3, 0.4) is 0 Å². The second kappa shape index (κ2) is 4.82. The Morgan fingerprint density at radius 1 is 1.50 bits per heavy atom. The quantitative estimate of drug-likeness (QED) is 0.511. The fourth-order valence-electron chi connectivity index (χ4n) is 0.483. The molecule has 0 aliphatic carbocycles. The summed E-state index contributed by atoms with van der Waals surface area (Å²) >= 11 is 0. The molecule has 0 fully saturated rings. The number of aliphatic hydroxyl groups is 1. The van der Waals surface area contributed by atoms with Crippen molar-refractivity contribution in [2.75, 3.05) is 6.61 Å². The third kappa shape index (κ3) is 5.79. The Hall–Kier alpha value is -0.970. The van der Waals surface area contributed by atoms with Gasteiger partial charge in [-0.15, -0.1) is 0 Å². The number of nitrogens with one attached hydrogen (secondary N) is 1. The number of halogens is 3.